The lowest BCUT2D eigenvalue weighted by atomic mass is 10.0. The second-order valence-electron chi connectivity index (χ2n) is 7.98. The molecule has 0 aliphatic heterocycles. The molecule has 9 nitrogen and oxygen atoms in total. The fraction of sp³-hybridized carbons (Fsp3) is 0.231. The first kappa shape index (κ1) is 25.1. The molecule has 0 bridgehead atoms. The van der Waals surface area contributed by atoms with Crippen molar-refractivity contribution in [3.63, 3.8) is 0 Å². The zero-order chi connectivity index (χ0) is 25.4. The number of methoxy groups -OCH3 is 1. The van der Waals surface area contributed by atoms with E-state index in [-0.39, 0.29) is 17.3 Å². The third-order valence-electron chi connectivity index (χ3n) is 5.14. The lowest BCUT2D eigenvalue weighted by molar-refractivity contribution is -0.148. The normalized spacial score (nSPS) is 12.8. The zero-order valence-electron chi connectivity index (χ0n) is 19.6. The van der Waals surface area contributed by atoms with E-state index in [0.29, 0.717) is 16.8 Å². The van der Waals surface area contributed by atoms with Crippen molar-refractivity contribution >= 4 is 34.6 Å². The molecule has 0 aliphatic rings. The van der Waals surface area contributed by atoms with Gasteiger partial charge in [-0.15, -0.1) is 0 Å². The minimum Gasteiger partial charge on any atom is -0.507 e. The van der Waals surface area contributed by atoms with Crippen LogP contribution in [0, 0.1) is 17.2 Å². The molecule has 0 radical (unpaired) electrons. The summed E-state index contributed by atoms with van der Waals surface area (Å²) in [5, 5.41) is 22.5. The smallest absolute Gasteiger partial charge is 0.329 e. The molecular weight excluding hydrogens is 448 g/mol. The van der Waals surface area contributed by atoms with Crippen molar-refractivity contribution < 1.29 is 24.2 Å². The van der Waals surface area contributed by atoms with Gasteiger partial charge in [-0.25, -0.2) is 9.78 Å². The van der Waals surface area contributed by atoms with Crippen LogP contribution in [0.5, 0.6) is 5.75 Å². The molecule has 0 aliphatic carbocycles. The number of carbonyl (C=O) groups is 2. The van der Waals surface area contributed by atoms with E-state index in [1.54, 1.807) is 69.5 Å². The highest BCUT2D eigenvalue weighted by Gasteiger charge is 2.26. The average Bonchev–Trinajstić information content (AvgIpc) is 3.28. The van der Waals surface area contributed by atoms with Gasteiger partial charge in [0.15, 0.2) is 11.6 Å². The number of esters is 1. The number of aliphatic hydroxyl groups is 1. The predicted molar refractivity (Wildman–Crippen MR) is 131 cm³/mol. The van der Waals surface area contributed by atoms with E-state index >= 15 is 0 Å². The fourth-order valence-corrected chi connectivity index (χ4v) is 3.21. The number of aliphatic hydroxyl groups excluding tert-OH is 1. The number of benzene rings is 2. The Bertz CT molecular complexity index is 1270. The van der Waals surface area contributed by atoms with Crippen LogP contribution < -0.4 is 10.1 Å². The summed E-state index contributed by atoms with van der Waals surface area (Å²) < 4.78 is 10.3. The maximum absolute atomic E-state index is 12.6. The van der Waals surface area contributed by atoms with Crippen molar-refractivity contribution in [3.05, 3.63) is 71.8 Å². The standard InChI is InChI=1S/C26H26N4O5/c1-16(2)24(30-23(32)13-10-17-8-11-18(34-3)12-9-17)26(33)35-15-22(31)19(14-27)25-28-20-6-4-5-7-21(20)29-25/h4-13,16,24,31H,15H2,1-3H3,(H,28,29)(H,30,32)/b13-10?,22-19-. The van der Waals surface area contributed by atoms with Crippen molar-refractivity contribution in [1.82, 2.24) is 15.3 Å². The summed E-state index contributed by atoms with van der Waals surface area (Å²) in [6.45, 7) is 2.97. The maximum Gasteiger partial charge on any atom is 0.329 e. The molecule has 1 amide bonds. The number of nitriles is 1. The third kappa shape index (κ3) is 6.48. The molecule has 35 heavy (non-hydrogen) atoms. The van der Waals surface area contributed by atoms with Gasteiger partial charge in [0.25, 0.3) is 0 Å². The number of rotatable bonds is 9. The van der Waals surface area contributed by atoms with Crippen LogP contribution in [0.15, 0.2) is 60.4 Å². The number of hydrogen-bond acceptors (Lipinski definition) is 7. The highest BCUT2D eigenvalue weighted by atomic mass is 16.5. The second-order valence-corrected chi connectivity index (χ2v) is 7.98. The monoisotopic (exact) mass is 474 g/mol. The number of nitrogens with one attached hydrogen (secondary N) is 2. The Morgan fingerprint density at radius 1 is 1.20 bits per heavy atom. The van der Waals surface area contributed by atoms with Gasteiger partial charge in [0.05, 0.1) is 18.1 Å². The third-order valence-corrected chi connectivity index (χ3v) is 5.14. The van der Waals surface area contributed by atoms with E-state index in [1.165, 1.54) is 6.08 Å². The Kier molecular flexibility index (Phi) is 8.24. The first-order valence-electron chi connectivity index (χ1n) is 10.9. The highest BCUT2D eigenvalue weighted by molar-refractivity contribution is 5.94. The summed E-state index contributed by atoms with van der Waals surface area (Å²) in [6.07, 6.45) is 2.93. The number of H-pyrrole nitrogens is 1. The van der Waals surface area contributed by atoms with Crippen LogP contribution in [0.4, 0.5) is 0 Å². The van der Waals surface area contributed by atoms with Crippen molar-refractivity contribution in [2.75, 3.05) is 13.7 Å². The summed E-state index contributed by atoms with van der Waals surface area (Å²) in [4.78, 5) is 32.3. The average molecular weight is 475 g/mol. The number of fused-ring (bicyclic) bond motifs is 1. The summed E-state index contributed by atoms with van der Waals surface area (Å²) in [7, 11) is 1.57. The Balaban J connectivity index is 1.64. The maximum atomic E-state index is 12.6. The van der Waals surface area contributed by atoms with Crippen molar-refractivity contribution in [2.24, 2.45) is 5.92 Å². The number of amides is 1. The number of aromatic amines is 1. The lowest BCUT2D eigenvalue weighted by Crippen LogP contribution is -2.44. The van der Waals surface area contributed by atoms with Crippen LogP contribution in [-0.4, -0.2) is 46.7 Å². The van der Waals surface area contributed by atoms with E-state index in [9.17, 15) is 20.0 Å². The Morgan fingerprint density at radius 3 is 2.54 bits per heavy atom. The molecule has 0 saturated heterocycles. The van der Waals surface area contributed by atoms with Gasteiger partial charge < -0.3 is 24.9 Å². The van der Waals surface area contributed by atoms with Crippen LogP contribution >= 0.6 is 0 Å². The predicted octanol–water partition coefficient (Wildman–Crippen LogP) is 3.76. The molecule has 0 spiro atoms. The van der Waals surface area contributed by atoms with Crippen LogP contribution in [0.2, 0.25) is 0 Å². The van der Waals surface area contributed by atoms with Crippen LogP contribution in [0.1, 0.15) is 25.2 Å². The highest BCUT2D eigenvalue weighted by Crippen LogP contribution is 2.19. The molecule has 9 heteroatoms. The summed E-state index contributed by atoms with van der Waals surface area (Å²) in [5.74, 6) is -1.08. The number of carbonyl (C=O) groups excluding carboxylic acids is 2. The molecule has 180 valence electrons. The van der Waals surface area contributed by atoms with Gasteiger partial charge in [-0.2, -0.15) is 5.26 Å². The van der Waals surface area contributed by atoms with Crippen molar-refractivity contribution in [1.29, 1.82) is 5.26 Å². The molecule has 1 aromatic heterocycles. The van der Waals surface area contributed by atoms with E-state index < -0.39 is 30.3 Å². The Labute approximate surface area is 202 Å². The van der Waals surface area contributed by atoms with Gasteiger partial charge in [0.1, 0.15) is 30.0 Å². The number of nitrogens with zero attached hydrogens (tertiary/aromatic N) is 2. The Morgan fingerprint density at radius 2 is 1.91 bits per heavy atom. The van der Waals surface area contributed by atoms with E-state index in [0.717, 1.165) is 5.56 Å². The topological polar surface area (TPSA) is 137 Å². The number of ether oxygens (including phenoxy) is 2. The largest absolute Gasteiger partial charge is 0.507 e. The van der Waals surface area contributed by atoms with Gasteiger partial charge in [-0.05, 0) is 41.8 Å². The van der Waals surface area contributed by atoms with Gasteiger partial charge >= 0.3 is 5.97 Å². The molecule has 1 heterocycles. The number of imidazole rings is 1. The lowest BCUT2D eigenvalue weighted by Gasteiger charge is -2.20. The van der Waals surface area contributed by atoms with Crippen LogP contribution in [0.25, 0.3) is 22.7 Å². The minimum absolute atomic E-state index is 0.137. The number of para-hydroxylation sites is 2. The first-order valence-corrected chi connectivity index (χ1v) is 10.9. The van der Waals surface area contributed by atoms with Gasteiger partial charge in [0.2, 0.25) is 5.91 Å². The number of hydrogen-bond donors (Lipinski definition) is 3. The summed E-state index contributed by atoms with van der Waals surface area (Å²) in [6, 6.07) is 15.2. The molecule has 0 saturated carbocycles. The molecule has 1 unspecified atom stereocenters. The van der Waals surface area contributed by atoms with Gasteiger partial charge in [-0.1, -0.05) is 38.1 Å². The summed E-state index contributed by atoms with van der Waals surface area (Å²) in [5.41, 5.74) is 1.98. The quantitative estimate of drug-likeness (QED) is 0.186. The molecule has 3 aromatic rings. The first-order chi connectivity index (χ1) is 16.8. The SMILES string of the molecule is COc1ccc(C=CC(=O)NC(C(=O)OC/C(O)=C(\C#N)c2nc3ccccc3[nH]2)C(C)C)cc1. The number of allylic oxidation sites excluding steroid dienone is 1. The molecular formula is C26H26N4O5. The molecule has 1 atom stereocenters. The van der Waals surface area contributed by atoms with E-state index in [2.05, 4.69) is 15.3 Å². The van der Waals surface area contributed by atoms with Crippen LogP contribution in [-0.2, 0) is 14.3 Å². The second kappa shape index (κ2) is 11.5. The van der Waals surface area contributed by atoms with Crippen molar-refractivity contribution in [2.45, 2.75) is 19.9 Å². The van der Waals surface area contributed by atoms with Crippen molar-refractivity contribution in [3.8, 4) is 11.8 Å². The minimum atomic E-state index is -0.951. The Hall–Kier alpha value is -4.58. The summed E-state index contributed by atoms with van der Waals surface area (Å²) >= 11 is 0. The van der Waals surface area contributed by atoms with Crippen LogP contribution in [0.3, 0.4) is 0 Å². The number of aromatic nitrogens is 2. The van der Waals surface area contributed by atoms with Gasteiger partial charge in [-0.3, -0.25) is 4.79 Å². The van der Waals surface area contributed by atoms with E-state index in [4.69, 9.17) is 9.47 Å². The molecule has 2 aromatic carbocycles. The van der Waals surface area contributed by atoms with E-state index in [1.807, 2.05) is 12.1 Å². The molecule has 0 fully saturated rings. The molecule has 3 N–H and O–H groups in total. The van der Waals surface area contributed by atoms with Gasteiger partial charge in [0, 0.05) is 6.08 Å². The molecule has 3 rings (SSSR count). The fourth-order valence-electron chi connectivity index (χ4n) is 3.21. The zero-order valence-corrected chi connectivity index (χ0v) is 19.6.